The molecule has 1 aromatic heterocycles. The van der Waals surface area contributed by atoms with E-state index in [0.717, 1.165) is 23.9 Å². The first-order valence-electron chi connectivity index (χ1n) is 6.67. The zero-order valence-corrected chi connectivity index (χ0v) is 13.0. The Kier molecular flexibility index (Phi) is 4.68. The standard InChI is InChI=1S/C15H18N2OS.ClH/c1-10-6-11(8-16)9-17(10)15(18)13-2-3-14-12(7-13)4-5-19-14;/h2-5,7,10-11H,6,8-9,16H2,1H3;1H. The minimum absolute atomic E-state index is 0. The smallest absolute Gasteiger partial charge is 0.254 e. The molecule has 2 N–H and O–H groups in total. The Bertz CT molecular complexity index is 613. The number of benzene rings is 1. The third kappa shape index (κ3) is 2.68. The van der Waals surface area contributed by atoms with Crippen molar-refractivity contribution in [2.75, 3.05) is 13.1 Å². The van der Waals surface area contributed by atoms with Gasteiger partial charge in [-0.25, -0.2) is 0 Å². The fraction of sp³-hybridized carbons (Fsp3) is 0.400. The summed E-state index contributed by atoms with van der Waals surface area (Å²) in [5.74, 6) is 0.584. The summed E-state index contributed by atoms with van der Waals surface area (Å²) < 4.78 is 1.23. The number of rotatable bonds is 2. The molecule has 3 rings (SSSR count). The van der Waals surface area contributed by atoms with Gasteiger partial charge in [0.15, 0.2) is 0 Å². The molecule has 0 radical (unpaired) electrons. The molecule has 1 aliphatic rings. The van der Waals surface area contributed by atoms with Crippen molar-refractivity contribution in [1.29, 1.82) is 0 Å². The highest BCUT2D eigenvalue weighted by atomic mass is 35.5. The van der Waals surface area contributed by atoms with Crippen molar-refractivity contribution in [2.24, 2.45) is 11.7 Å². The molecule has 1 fully saturated rings. The Morgan fingerprint density at radius 2 is 2.25 bits per heavy atom. The van der Waals surface area contributed by atoms with Crippen molar-refractivity contribution in [3.8, 4) is 0 Å². The minimum atomic E-state index is 0. The van der Waals surface area contributed by atoms with E-state index in [1.807, 2.05) is 23.1 Å². The molecule has 5 heteroatoms. The first kappa shape index (κ1) is 15.3. The lowest BCUT2D eigenvalue weighted by Gasteiger charge is -2.21. The van der Waals surface area contributed by atoms with Gasteiger partial charge in [-0.1, -0.05) is 0 Å². The summed E-state index contributed by atoms with van der Waals surface area (Å²) in [4.78, 5) is 14.5. The van der Waals surface area contributed by atoms with Gasteiger partial charge >= 0.3 is 0 Å². The average molecular weight is 311 g/mol. The van der Waals surface area contributed by atoms with Gasteiger partial charge in [-0.15, -0.1) is 23.7 Å². The Morgan fingerprint density at radius 3 is 2.95 bits per heavy atom. The lowest BCUT2D eigenvalue weighted by Crippen LogP contribution is -2.34. The second-order valence-corrected chi connectivity index (χ2v) is 6.26. The van der Waals surface area contributed by atoms with E-state index in [0.29, 0.717) is 18.5 Å². The molecule has 0 bridgehead atoms. The SMILES string of the molecule is CC1CC(CN)CN1C(=O)c1ccc2sccc2c1.Cl. The molecule has 0 saturated carbocycles. The van der Waals surface area contributed by atoms with Crippen molar-refractivity contribution < 1.29 is 4.79 Å². The molecule has 0 spiro atoms. The first-order chi connectivity index (χ1) is 9.19. The minimum Gasteiger partial charge on any atom is -0.336 e. The van der Waals surface area contributed by atoms with Crippen LogP contribution < -0.4 is 5.73 Å². The summed E-state index contributed by atoms with van der Waals surface area (Å²) in [6, 6.07) is 8.32. The lowest BCUT2D eigenvalue weighted by atomic mass is 10.1. The molecule has 108 valence electrons. The summed E-state index contributed by atoms with van der Waals surface area (Å²) in [5, 5.41) is 3.21. The quantitative estimate of drug-likeness (QED) is 0.926. The number of amides is 1. The van der Waals surface area contributed by atoms with Gasteiger partial charge in [0.1, 0.15) is 0 Å². The number of thiophene rings is 1. The van der Waals surface area contributed by atoms with Crippen molar-refractivity contribution in [2.45, 2.75) is 19.4 Å². The topological polar surface area (TPSA) is 46.3 Å². The van der Waals surface area contributed by atoms with Gasteiger partial charge < -0.3 is 10.6 Å². The molecule has 2 aromatic rings. The Morgan fingerprint density at radius 1 is 1.45 bits per heavy atom. The maximum Gasteiger partial charge on any atom is 0.254 e. The molecule has 2 unspecified atom stereocenters. The number of carbonyl (C=O) groups excluding carboxylic acids is 1. The van der Waals surface area contributed by atoms with E-state index in [1.165, 1.54) is 4.70 Å². The molecular weight excluding hydrogens is 292 g/mol. The van der Waals surface area contributed by atoms with Crippen molar-refractivity contribution in [3.05, 3.63) is 35.2 Å². The molecule has 1 amide bonds. The summed E-state index contributed by atoms with van der Waals surface area (Å²) in [6.07, 6.45) is 1.02. The molecule has 1 aromatic carbocycles. The van der Waals surface area contributed by atoms with Crippen LogP contribution in [0.4, 0.5) is 0 Å². The normalized spacial score (nSPS) is 22.0. The van der Waals surface area contributed by atoms with Crippen LogP contribution in [0.3, 0.4) is 0 Å². The van der Waals surface area contributed by atoms with Crippen LogP contribution >= 0.6 is 23.7 Å². The fourth-order valence-electron chi connectivity index (χ4n) is 2.86. The van der Waals surface area contributed by atoms with Gasteiger partial charge in [0.2, 0.25) is 0 Å². The number of hydrogen-bond acceptors (Lipinski definition) is 3. The van der Waals surface area contributed by atoms with E-state index in [9.17, 15) is 4.79 Å². The van der Waals surface area contributed by atoms with Crippen LogP contribution in [0.1, 0.15) is 23.7 Å². The monoisotopic (exact) mass is 310 g/mol. The largest absolute Gasteiger partial charge is 0.336 e. The number of hydrogen-bond donors (Lipinski definition) is 1. The van der Waals surface area contributed by atoms with E-state index >= 15 is 0 Å². The van der Waals surface area contributed by atoms with E-state index < -0.39 is 0 Å². The summed E-state index contributed by atoms with van der Waals surface area (Å²) in [7, 11) is 0. The number of nitrogens with two attached hydrogens (primary N) is 1. The third-order valence-electron chi connectivity index (χ3n) is 3.95. The Balaban J connectivity index is 0.00000147. The van der Waals surface area contributed by atoms with Crippen LogP contribution in [-0.2, 0) is 0 Å². The van der Waals surface area contributed by atoms with Crippen LogP contribution in [-0.4, -0.2) is 29.9 Å². The molecule has 3 nitrogen and oxygen atoms in total. The zero-order chi connectivity index (χ0) is 13.4. The Hall–Kier alpha value is -1.10. The van der Waals surface area contributed by atoms with Crippen LogP contribution in [0.15, 0.2) is 29.6 Å². The number of nitrogens with zero attached hydrogens (tertiary/aromatic N) is 1. The van der Waals surface area contributed by atoms with Gasteiger partial charge in [-0.3, -0.25) is 4.79 Å². The summed E-state index contributed by atoms with van der Waals surface area (Å²) in [6.45, 7) is 3.56. The highest BCUT2D eigenvalue weighted by molar-refractivity contribution is 7.17. The van der Waals surface area contributed by atoms with Crippen LogP contribution in [0.5, 0.6) is 0 Å². The molecule has 20 heavy (non-hydrogen) atoms. The number of carbonyl (C=O) groups is 1. The molecule has 2 heterocycles. The third-order valence-corrected chi connectivity index (χ3v) is 4.85. The van der Waals surface area contributed by atoms with Crippen molar-refractivity contribution in [3.63, 3.8) is 0 Å². The number of fused-ring (bicyclic) bond motifs is 1. The molecule has 1 aliphatic heterocycles. The average Bonchev–Trinajstić information content (AvgIpc) is 3.02. The van der Waals surface area contributed by atoms with E-state index in [4.69, 9.17) is 5.73 Å². The van der Waals surface area contributed by atoms with E-state index in [2.05, 4.69) is 18.4 Å². The van der Waals surface area contributed by atoms with Gasteiger partial charge in [0.05, 0.1) is 0 Å². The second kappa shape index (κ2) is 6.12. The maximum absolute atomic E-state index is 12.6. The number of halogens is 1. The lowest BCUT2D eigenvalue weighted by molar-refractivity contribution is 0.0743. The molecular formula is C15H19ClN2OS. The van der Waals surface area contributed by atoms with Crippen molar-refractivity contribution in [1.82, 2.24) is 4.90 Å². The Labute approximate surface area is 129 Å². The maximum atomic E-state index is 12.6. The van der Waals surface area contributed by atoms with Gasteiger partial charge in [0, 0.05) is 22.8 Å². The zero-order valence-electron chi connectivity index (χ0n) is 11.4. The van der Waals surface area contributed by atoms with Gasteiger partial charge in [-0.2, -0.15) is 0 Å². The van der Waals surface area contributed by atoms with E-state index in [-0.39, 0.29) is 18.3 Å². The summed E-state index contributed by atoms with van der Waals surface area (Å²) >= 11 is 1.70. The van der Waals surface area contributed by atoms with Gasteiger partial charge in [-0.05, 0) is 60.8 Å². The van der Waals surface area contributed by atoms with Crippen LogP contribution in [0.2, 0.25) is 0 Å². The molecule has 1 saturated heterocycles. The summed E-state index contributed by atoms with van der Waals surface area (Å²) in [5.41, 5.74) is 6.51. The van der Waals surface area contributed by atoms with Crippen LogP contribution in [0.25, 0.3) is 10.1 Å². The highest BCUT2D eigenvalue weighted by Crippen LogP contribution is 2.26. The molecule has 2 atom stereocenters. The van der Waals surface area contributed by atoms with Crippen LogP contribution in [0, 0.1) is 5.92 Å². The molecule has 0 aliphatic carbocycles. The highest BCUT2D eigenvalue weighted by Gasteiger charge is 2.32. The second-order valence-electron chi connectivity index (χ2n) is 5.32. The fourth-order valence-corrected chi connectivity index (χ4v) is 3.63. The predicted molar refractivity (Wildman–Crippen MR) is 86.7 cm³/mol. The van der Waals surface area contributed by atoms with E-state index in [1.54, 1.807) is 11.3 Å². The first-order valence-corrected chi connectivity index (χ1v) is 7.55. The van der Waals surface area contributed by atoms with Gasteiger partial charge in [0.25, 0.3) is 5.91 Å². The number of likely N-dealkylation sites (tertiary alicyclic amines) is 1. The predicted octanol–water partition coefficient (Wildman–Crippen LogP) is 3.13. The van der Waals surface area contributed by atoms with Crippen molar-refractivity contribution >= 4 is 39.7 Å².